The van der Waals surface area contributed by atoms with E-state index in [0.717, 1.165) is 0 Å². The molecule has 1 aromatic rings. The van der Waals surface area contributed by atoms with Gasteiger partial charge in [0.05, 0.1) is 11.1 Å². The summed E-state index contributed by atoms with van der Waals surface area (Å²) in [6.45, 7) is 3.07. The van der Waals surface area contributed by atoms with Gasteiger partial charge in [0.25, 0.3) is 0 Å². The Kier molecular flexibility index (Phi) is 3.42. The molecule has 0 bridgehead atoms. The molecule has 0 radical (unpaired) electrons. The number of pyridine rings is 1. The highest BCUT2D eigenvalue weighted by Crippen LogP contribution is 2.34. The van der Waals surface area contributed by atoms with Crippen molar-refractivity contribution in [2.45, 2.75) is 13.3 Å². The van der Waals surface area contributed by atoms with Gasteiger partial charge in [0.2, 0.25) is 5.91 Å². The Morgan fingerprint density at radius 1 is 1.53 bits per heavy atom. The van der Waals surface area contributed by atoms with E-state index in [9.17, 15) is 9.59 Å². The van der Waals surface area contributed by atoms with Gasteiger partial charge < -0.3 is 15.3 Å². The van der Waals surface area contributed by atoms with Crippen molar-refractivity contribution in [2.24, 2.45) is 5.41 Å². The van der Waals surface area contributed by atoms with Crippen LogP contribution in [0.15, 0.2) is 18.5 Å². The summed E-state index contributed by atoms with van der Waals surface area (Å²) in [5, 5.41) is 11.8. The summed E-state index contributed by atoms with van der Waals surface area (Å²) in [6.07, 6.45) is 3.61. The molecular weight excluding hydrogens is 246 g/mol. The van der Waals surface area contributed by atoms with Gasteiger partial charge in [0, 0.05) is 32.5 Å². The van der Waals surface area contributed by atoms with Crippen LogP contribution in [0.4, 0.5) is 5.69 Å². The highest BCUT2D eigenvalue weighted by molar-refractivity contribution is 5.94. The minimum absolute atomic E-state index is 0.0130. The quantitative estimate of drug-likeness (QED) is 0.840. The number of nitrogens with zero attached hydrogens (tertiary/aromatic N) is 2. The minimum atomic E-state index is -1.00. The van der Waals surface area contributed by atoms with Crippen LogP contribution in [0.5, 0.6) is 0 Å². The van der Waals surface area contributed by atoms with Crippen molar-refractivity contribution >= 4 is 17.6 Å². The molecule has 0 aromatic carbocycles. The summed E-state index contributed by atoms with van der Waals surface area (Å²) in [4.78, 5) is 28.8. The molecule has 1 unspecified atom stereocenters. The van der Waals surface area contributed by atoms with Crippen molar-refractivity contribution in [1.29, 1.82) is 0 Å². The maximum atomic E-state index is 11.9. The van der Waals surface area contributed by atoms with Gasteiger partial charge in [-0.3, -0.25) is 9.78 Å². The number of amides is 1. The molecule has 19 heavy (non-hydrogen) atoms. The number of carbonyl (C=O) groups excluding carboxylic acids is 1. The number of carboxylic acid groups (broad SMARTS) is 1. The summed E-state index contributed by atoms with van der Waals surface area (Å²) in [5.41, 5.74) is 0.312. The molecule has 1 aliphatic rings. The van der Waals surface area contributed by atoms with Crippen LogP contribution in [0.25, 0.3) is 0 Å². The maximum Gasteiger partial charge on any atom is 0.339 e. The smallest absolute Gasteiger partial charge is 0.339 e. The number of hydrogen-bond donors (Lipinski definition) is 2. The van der Waals surface area contributed by atoms with E-state index in [0.29, 0.717) is 25.2 Å². The standard InChI is InChI=1S/C13H17N3O3/c1-13(12(19)14-2)4-6-16(8-13)10-3-5-15-7-9(10)11(17)18/h3,5,7H,4,6,8H2,1-2H3,(H,14,19)(H,17,18). The number of aromatic nitrogens is 1. The van der Waals surface area contributed by atoms with Gasteiger partial charge in [-0.1, -0.05) is 0 Å². The molecule has 1 fully saturated rings. The van der Waals surface area contributed by atoms with E-state index in [4.69, 9.17) is 5.11 Å². The number of hydrogen-bond acceptors (Lipinski definition) is 4. The van der Waals surface area contributed by atoms with Crippen LogP contribution >= 0.6 is 0 Å². The van der Waals surface area contributed by atoms with Crippen LogP contribution in [0.3, 0.4) is 0 Å². The average Bonchev–Trinajstić information content (AvgIpc) is 2.81. The van der Waals surface area contributed by atoms with Gasteiger partial charge in [-0.05, 0) is 19.4 Å². The number of rotatable bonds is 3. The third-order valence-corrected chi connectivity index (χ3v) is 3.62. The lowest BCUT2D eigenvalue weighted by Crippen LogP contribution is -2.39. The second-order valence-electron chi connectivity index (χ2n) is 5.01. The summed E-state index contributed by atoms with van der Waals surface area (Å²) < 4.78 is 0. The lowest BCUT2D eigenvalue weighted by Gasteiger charge is -2.24. The fourth-order valence-corrected chi connectivity index (χ4v) is 2.48. The van der Waals surface area contributed by atoms with Crippen molar-refractivity contribution in [3.05, 3.63) is 24.0 Å². The molecule has 2 heterocycles. The Labute approximate surface area is 111 Å². The van der Waals surface area contributed by atoms with E-state index in [2.05, 4.69) is 10.3 Å². The van der Waals surface area contributed by atoms with Crippen LogP contribution in [-0.2, 0) is 4.79 Å². The molecular formula is C13H17N3O3. The first-order valence-corrected chi connectivity index (χ1v) is 6.12. The van der Waals surface area contributed by atoms with Crippen molar-refractivity contribution in [3.8, 4) is 0 Å². The zero-order valence-corrected chi connectivity index (χ0v) is 11.0. The summed E-state index contributed by atoms with van der Waals surface area (Å²) in [5.74, 6) is -1.02. The summed E-state index contributed by atoms with van der Waals surface area (Å²) in [7, 11) is 1.62. The molecule has 1 atom stereocenters. The van der Waals surface area contributed by atoms with Crippen LogP contribution in [-0.4, -0.2) is 42.1 Å². The van der Waals surface area contributed by atoms with E-state index in [1.165, 1.54) is 6.20 Å². The Hall–Kier alpha value is -2.11. The highest BCUT2D eigenvalue weighted by atomic mass is 16.4. The monoisotopic (exact) mass is 263 g/mol. The van der Waals surface area contributed by atoms with E-state index in [1.54, 1.807) is 19.3 Å². The SMILES string of the molecule is CNC(=O)C1(C)CCN(c2ccncc2C(=O)O)C1. The predicted molar refractivity (Wildman–Crippen MR) is 70.2 cm³/mol. The van der Waals surface area contributed by atoms with Gasteiger partial charge in [0.15, 0.2) is 0 Å². The molecule has 102 valence electrons. The molecule has 1 aliphatic heterocycles. The van der Waals surface area contributed by atoms with Gasteiger partial charge >= 0.3 is 5.97 Å². The zero-order valence-electron chi connectivity index (χ0n) is 11.0. The first-order valence-electron chi connectivity index (χ1n) is 6.12. The van der Waals surface area contributed by atoms with E-state index in [-0.39, 0.29) is 11.5 Å². The third kappa shape index (κ3) is 2.38. The fraction of sp³-hybridized carbons (Fsp3) is 0.462. The van der Waals surface area contributed by atoms with Crippen LogP contribution in [0, 0.1) is 5.41 Å². The van der Waals surface area contributed by atoms with Crippen molar-refractivity contribution in [2.75, 3.05) is 25.0 Å². The highest BCUT2D eigenvalue weighted by Gasteiger charge is 2.40. The first-order chi connectivity index (χ1) is 8.98. The largest absolute Gasteiger partial charge is 0.478 e. The molecule has 1 aromatic heterocycles. The Morgan fingerprint density at radius 3 is 2.89 bits per heavy atom. The molecule has 2 rings (SSSR count). The van der Waals surface area contributed by atoms with E-state index in [1.807, 2.05) is 11.8 Å². The molecule has 0 aliphatic carbocycles. The van der Waals surface area contributed by atoms with Crippen LogP contribution < -0.4 is 10.2 Å². The second-order valence-corrected chi connectivity index (χ2v) is 5.01. The van der Waals surface area contributed by atoms with Gasteiger partial charge in [-0.2, -0.15) is 0 Å². The third-order valence-electron chi connectivity index (χ3n) is 3.62. The molecule has 0 spiro atoms. The number of anilines is 1. The Bertz CT molecular complexity index is 518. The lowest BCUT2D eigenvalue weighted by molar-refractivity contribution is -0.128. The summed E-state index contributed by atoms with van der Waals surface area (Å²) in [6, 6.07) is 1.68. The number of nitrogens with one attached hydrogen (secondary N) is 1. The van der Waals surface area contributed by atoms with E-state index >= 15 is 0 Å². The molecule has 0 saturated carbocycles. The maximum absolute atomic E-state index is 11.9. The van der Waals surface area contributed by atoms with Gasteiger partial charge in [-0.15, -0.1) is 0 Å². The zero-order chi connectivity index (χ0) is 14.0. The predicted octanol–water partition coefficient (Wildman–Crippen LogP) is 0.742. The number of aromatic carboxylic acids is 1. The van der Waals surface area contributed by atoms with Gasteiger partial charge in [-0.25, -0.2) is 4.79 Å². The van der Waals surface area contributed by atoms with Crippen molar-refractivity contribution in [3.63, 3.8) is 0 Å². The number of carboxylic acids is 1. The second kappa shape index (κ2) is 4.87. The van der Waals surface area contributed by atoms with Crippen molar-refractivity contribution < 1.29 is 14.7 Å². The molecule has 6 nitrogen and oxygen atoms in total. The number of carbonyl (C=O) groups is 2. The van der Waals surface area contributed by atoms with E-state index < -0.39 is 11.4 Å². The topological polar surface area (TPSA) is 82.5 Å². The summed E-state index contributed by atoms with van der Waals surface area (Å²) >= 11 is 0. The van der Waals surface area contributed by atoms with Crippen LogP contribution in [0.2, 0.25) is 0 Å². The Balaban J connectivity index is 2.27. The molecule has 1 amide bonds. The molecule has 6 heteroatoms. The fourth-order valence-electron chi connectivity index (χ4n) is 2.48. The normalized spacial score (nSPS) is 22.3. The van der Waals surface area contributed by atoms with Crippen LogP contribution in [0.1, 0.15) is 23.7 Å². The van der Waals surface area contributed by atoms with Gasteiger partial charge in [0.1, 0.15) is 5.56 Å². The average molecular weight is 263 g/mol. The Morgan fingerprint density at radius 2 is 2.26 bits per heavy atom. The lowest BCUT2D eigenvalue weighted by atomic mass is 9.89. The molecule has 2 N–H and O–H groups in total. The minimum Gasteiger partial charge on any atom is -0.478 e. The first kappa shape index (κ1) is 13.3. The van der Waals surface area contributed by atoms with Crippen molar-refractivity contribution in [1.82, 2.24) is 10.3 Å². The molecule has 1 saturated heterocycles.